The van der Waals surface area contributed by atoms with Crippen LogP contribution in [0, 0.1) is 0 Å². The second kappa shape index (κ2) is 5.65. The first-order chi connectivity index (χ1) is 8.76. The molecule has 1 aromatic rings. The SMILES string of the molecule is CC(=O)N(CC(=O)c1ccccc1)C(C)(C)C(N)=O. The molecular weight excluding hydrogens is 244 g/mol. The molecular formula is C14H18N2O3. The van der Waals surface area contributed by atoms with Gasteiger partial charge in [-0.2, -0.15) is 0 Å². The predicted molar refractivity (Wildman–Crippen MR) is 71.4 cm³/mol. The number of carbonyl (C=O) groups is 3. The van der Waals surface area contributed by atoms with Crippen molar-refractivity contribution in [1.82, 2.24) is 4.90 Å². The van der Waals surface area contributed by atoms with E-state index in [9.17, 15) is 14.4 Å². The summed E-state index contributed by atoms with van der Waals surface area (Å²) in [5, 5.41) is 0. The number of carbonyl (C=O) groups excluding carboxylic acids is 3. The van der Waals surface area contributed by atoms with Crippen LogP contribution in [0.4, 0.5) is 0 Å². The van der Waals surface area contributed by atoms with Crippen LogP contribution < -0.4 is 5.73 Å². The minimum Gasteiger partial charge on any atom is -0.368 e. The Morgan fingerprint density at radius 1 is 1.16 bits per heavy atom. The van der Waals surface area contributed by atoms with Crippen molar-refractivity contribution in [3.05, 3.63) is 35.9 Å². The minimum absolute atomic E-state index is 0.171. The highest BCUT2D eigenvalue weighted by molar-refractivity contribution is 6.00. The van der Waals surface area contributed by atoms with Gasteiger partial charge >= 0.3 is 0 Å². The molecule has 0 aliphatic heterocycles. The van der Waals surface area contributed by atoms with Gasteiger partial charge in [-0.15, -0.1) is 0 Å². The number of ketones is 1. The van der Waals surface area contributed by atoms with Crippen LogP contribution in [0.25, 0.3) is 0 Å². The van der Waals surface area contributed by atoms with Crippen molar-refractivity contribution in [1.29, 1.82) is 0 Å². The largest absolute Gasteiger partial charge is 0.368 e. The topological polar surface area (TPSA) is 80.5 Å². The summed E-state index contributed by atoms with van der Waals surface area (Å²) in [7, 11) is 0. The maximum atomic E-state index is 12.1. The summed E-state index contributed by atoms with van der Waals surface area (Å²) < 4.78 is 0. The van der Waals surface area contributed by atoms with E-state index < -0.39 is 11.4 Å². The van der Waals surface area contributed by atoms with Crippen LogP contribution in [0.1, 0.15) is 31.1 Å². The monoisotopic (exact) mass is 262 g/mol. The molecule has 0 atom stereocenters. The van der Waals surface area contributed by atoms with Gasteiger partial charge < -0.3 is 10.6 Å². The van der Waals surface area contributed by atoms with Gasteiger partial charge in [-0.1, -0.05) is 30.3 Å². The van der Waals surface area contributed by atoms with E-state index in [1.54, 1.807) is 30.3 Å². The molecule has 1 aromatic carbocycles. The number of nitrogens with zero attached hydrogens (tertiary/aromatic N) is 1. The van der Waals surface area contributed by atoms with Crippen molar-refractivity contribution in [3.63, 3.8) is 0 Å². The number of hydrogen-bond acceptors (Lipinski definition) is 3. The molecule has 0 spiro atoms. The second-order valence-corrected chi connectivity index (χ2v) is 4.82. The Bertz CT molecular complexity index is 495. The van der Waals surface area contributed by atoms with Gasteiger partial charge in [-0.3, -0.25) is 14.4 Å². The summed E-state index contributed by atoms with van der Waals surface area (Å²) in [6.07, 6.45) is 0. The molecule has 0 saturated carbocycles. The third-order valence-electron chi connectivity index (χ3n) is 3.06. The molecule has 0 aromatic heterocycles. The van der Waals surface area contributed by atoms with Crippen LogP contribution in [0.5, 0.6) is 0 Å². The van der Waals surface area contributed by atoms with Crippen LogP contribution >= 0.6 is 0 Å². The molecule has 0 aliphatic carbocycles. The first-order valence-electron chi connectivity index (χ1n) is 5.93. The number of rotatable bonds is 5. The van der Waals surface area contributed by atoms with Crippen LogP contribution in [-0.4, -0.2) is 34.6 Å². The fraction of sp³-hybridized carbons (Fsp3) is 0.357. The molecule has 0 fully saturated rings. The quantitative estimate of drug-likeness (QED) is 0.803. The molecule has 2 N–H and O–H groups in total. The lowest BCUT2D eigenvalue weighted by molar-refractivity contribution is -0.142. The van der Waals surface area contributed by atoms with Gasteiger partial charge in [-0.05, 0) is 13.8 Å². The van der Waals surface area contributed by atoms with E-state index in [2.05, 4.69) is 0 Å². The van der Waals surface area contributed by atoms with Gasteiger partial charge in [0.25, 0.3) is 0 Å². The number of benzene rings is 1. The lowest BCUT2D eigenvalue weighted by Crippen LogP contribution is -2.56. The van der Waals surface area contributed by atoms with Crippen LogP contribution in [-0.2, 0) is 9.59 Å². The highest BCUT2D eigenvalue weighted by atomic mass is 16.2. The average Bonchev–Trinajstić information content (AvgIpc) is 2.35. The molecule has 0 radical (unpaired) electrons. The minimum atomic E-state index is -1.20. The summed E-state index contributed by atoms with van der Waals surface area (Å²) in [5.41, 5.74) is 4.58. The number of hydrogen-bond donors (Lipinski definition) is 1. The van der Waals surface area contributed by atoms with Crippen molar-refractivity contribution in [2.24, 2.45) is 5.73 Å². The smallest absolute Gasteiger partial charge is 0.242 e. The van der Waals surface area contributed by atoms with Gasteiger partial charge in [0.05, 0.1) is 6.54 Å². The van der Waals surface area contributed by atoms with Crippen molar-refractivity contribution in [2.45, 2.75) is 26.3 Å². The van der Waals surface area contributed by atoms with Gasteiger partial charge in [0, 0.05) is 12.5 Å². The van der Waals surface area contributed by atoms with Crippen LogP contribution in [0.3, 0.4) is 0 Å². The molecule has 102 valence electrons. The zero-order valence-corrected chi connectivity index (χ0v) is 11.3. The highest BCUT2D eigenvalue weighted by Gasteiger charge is 2.35. The Morgan fingerprint density at radius 2 is 1.68 bits per heavy atom. The molecule has 0 bridgehead atoms. The predicted octanol–water partition coefficient (Wildman–Crippen LogP) is 0.982. The maximum Gasteiger partial charge on any atom is 0.242 e. The first kappa shape index (κ1) is 14.9. The summed E-state index contributed by atoms with van der Waals surface area (Å²) in [5.74, 6) is -1.25. The van der Waals surface area contributed by atoms with E-state index in [1.807, 2.05) is 0 Å². The second-order valence-electron chi connectivity index (χ2n) is 4.82. The van der Waals surface area contributed by atoms with Gasteiger partial charge in [-0.25, -0.2) is 0 Å². The van der Waals surface area contributed by atoms with Gasteiger partial charge in [0.2, 0.25) is 11.8 Å². The average molecular weight is 262 g/mol. The summed E-state index contributed by atoms with van der Waals surface area (Å²) >= 11 is 0. The van der Waals surface area contributed by atoms with E-state index in [0.29, 0.717) is 5.56 Å². The Hall–Kier alpha value is -2.17. The van der Waals surface area contributed by atoms with E-state index in [1.165, 1.54) is 25.7 Å². The molecule has 1 rings (SSSR count). The number of amides is 2. The van der Waals surface area contributed by atoms with E-state index >= 15 is 0 Å². The van der Waals surface area contributed by atoms with Crippen molar-refractivity contribution >= 4 is 17.6 Å². The zero-order chi connectivity index (χ0) is 14.6. The standard InChI is InChI=1S/C14H18N2O3/c1-10(17)16(14(2,3)13(15)19)9-12(18)11-7-5-4-6-8-11/h4-8H,9H2,1-3H3,(H2,15,19). The summed E-state index contributed by atoms with van der Waals surface area (Å²) in [6.45, 7) is 4.18. The Labute approximate surface area is 112 Å². The lowest BCUT2D eigenvalue weighted by atomic mass is 10.0. The Kier molecular flexibility index (Phi) is 4.43. The summed E-state index contributed by atoms with van der Waals surface area (Å²) in [4.78, 5) is 36.3. The molecule has 5 heteroatoms. The van der Waals surface area contributed by atoms with E-state index in [0.717, 1.165) is 0 Å². The fourth-order valence-electron chi connectivity index (χ4n) is 1.69. The van der Waals surface area contributed by atoms with Crippen molar-refractivity contribution in [3.8, 4) is 0 Å². The van der Waals surface area contributed by atoms with Crippen molar-refractivity contribution < 1.29 is 14.4 Å². The number of nitrogens with two attached hydrogens (primary N) is 1. The van der Waals surface area contributed by atoms with E-state index in [-0.39, 0.29) is 18.2 Å². The molecule has 0 heterocycles. The van der Waals surface area contributed by atoms with Gasteiger partial charge in [0.15, 0.2) is 5.78 Å². The number of primary amides is 1. The fourth-order valence-corrected chi connectivity index (χ4v) is 1.69. The molecule has 19 heavy (non-hydrogen) atoms. The maximum absolute atomic E-state index is 12.1. The first-order valence-corrected chi connectivity index (χ1v) is 5.93. The van der Waals surface area contributed by atoms with Crippen LogP contribution in [0.2, 0.25) is 0 Å². The molecule has 0 saturated heterocycles. The lowest BCUT2D eigenvalue weighted by Gasteiger charge is -2.34. The van der Waals surface area contributed by atoms with Crippen LogP contribution in [0.15, 0.2) is 30.3 Å². The molecule has 0 unspecified atom stereocenters. The molecule has 0 aliphatic rings. The Morgan fingerprint density at radius 3 is 2.11 bits per heavy atom. The highest BCUT2D eigenvalue weighted by Crippen LogP contribution is 2.15. The van der Waals surface area contributed by atoms with Crippen molar-refractivity contribution in [2.75, 3.05) is 6.54 Å². The van der Waals surface area contributed by atoms with Gasteiger partial charge in [0.1, 0.15) is 5.54 Å². The third kappa shape index (κ3) is 3.40. The summed E-state index contributed by atoms with van der Waals surface area (Å²) in [6, 6.07) is 8.61. The van der Waals surface area contributed by atoms with E-state index in [4.69, 9.17) is 5.73 Å². The normalized spacial score (nSPS) is 10.9. The third-order valence-corrected chi connectivity index (χ3v) is 3.06. The zero-order valence-electron chi connectivity index (χ0n) is 11.3. The molecule has 5 nitrogen and oxygen atoms in total. The Balaban J connectivity index is 2.96. The molecule has 2 amide bonds. The number of Topliss-reactive ketones (excluding diaryl/α,β-unsaturated/α-hetero) is 1.